The first-order valence-electron chi connectivity index (χ1n) is 6.78. The zero-order chi connectivity index (χ0) is 16.4. The van der Waals surface area contributed by atoms with Crippen LogP contribution in [0.2, 0.25) is 0 Å². The van der Waals surface area contributed by atoms with Crippen LogP contribution >= 0.6 is 0 Å². The summed E-state index contributed by atoms with van der Waals surface area (Å²) in [7, 11) is -3.56. The van der Waals surface area contributed by atoms with Crippen molar-refractivity contribution in [3.8, 4) is 6.07 Å². The minimum atomic E-state index is -3.56. The summed E-state index contributed by atoms with van der Waals surface area (Å²) in [5, 5.41) is 12.8. The van der Waals surface area contributed by atoms with Crippen LogP contribution in [0.25, 0.3) is 5.65 Å². The monoisotopic (exact) mass is 328 g/mol. The van der Waals surface area contributed by atoms with Gasteiger partial charge in [-0.3, -0.25) is 4.40 Å². The van der Waals surface area contributed by atoms with E-state index in [4.69, 9.17) is 5.26 Å². The fourth-order valence-corrected chi connectivity index (χ4v) is 3.37. The quantitative estimate of drug-likeness (QED) is 0.707. The van der Waals surface area contributed by atoms with E-state index in [0.29, 0.717) is 11.2 Å². The molecule has 0 unspecified atom stereocenters. The van der Waals surface area contributed by atoms with Crippen LogP contribution in [-0.4, -0.2) is 28.4 Å². The zero-order valence-corrected chi connectivity index (χ0v) is 12.8. The lowest BCUT2D eigenvalue weighted by molar-refractivity contribution is 0.576. The van der Waals surface area contributed by atoms with Crippen LogP contribution < -0.4 is 5.69 Å². The van der Waals surface area contributed by atoms with Crippen molar-refractivity contribution in [2.24, 2.45) is 0 Å². The van der Waals surface area contributed by atoms with Gasteiger partial charge in [-0.25, -0.2) is 17.9 Å². The van der Waals surface area contributed by atoms with E-state index in [0.717, 1.165) is 4.68 Å². The molecule has 0 aliphatic carbocycles. The van der Waals surface area contributed by atoms with E-state index in [9.17, 15) is 13.2 Å². The molecular formula is C15H12N4O3S. The molecule has 0 aliphatic heterocycles. The van der Waals surface area contributed by atoms with Crippen LogP contribution in [-0.2, 0) is 16.4 Å². The summed E-state index contributed by atoms with van der Waals surface area (Å²) in [5.41, 5.74) is 0.476. The van der Waals surface area contributed by atoms with Crippen molar-refractivity contribution < 1.29 is 8.42 Å². The molecule has 116 valence electrons. The Balaban J connectivity index is 1.84. The Morgan fingerprint density at radius 3 is 2.52 bits per heavy atom. The molecule has 3 rings (SSSR count). The molecule has 0 N–H and O–H groups in total. The van der Waals surface area contributed by atoms with E-state index in [1.807, 2.05) is 6.07 Å². The number of sulfone groups is 1. The number of nitriles is 1. The number of rotatable bonds is 4. The Bertz CT molecular complexity index is 1060. The molecule has 2 heterocycles. The van der Waals surface area contributed by atoms with Crippen LogP contribution in [0.4, 0.5) is 0 Å². The van der Waals surface area contributed by atoms with Gasteiger partial charge in [-0.1, -0.05) is 6.07 Å². The zero-order valence-electron chi connectivity index (χ0n) is 12.0. The highest BCUT2D eigenvalue weighted by molar-refractivity contribution is 7.91. The van der Waals surface area contributed by atoms with Crippen LogP contribution in [0.5, 0.6) is 0 Å². The van der Waals surface area contributed by atoms with Gasteiger partial charge in [0.25, 0.3) is 0 Å². The Morgan fingerprint density at radius 1 is 1.13 bits per heavy atom. The van der Waals surface area contributed by atoms with Crippen LogP contribution in [0.3, 0.4) is 0 Å². The van der Waals surface area contributed by atoms with E-state index in [1.165, 1.54) is 28.7 Å². The second-order valence-corrected chi connectivity index (χ2v) is 7.00. The normalized spacial score (nSPS) is 11.4. The number of pyridine rings is 1. The molecule has 7 nitrogen and oxygen atoms in total. The SMILES string of the molecule is N#Cc1ccc(S(=O)(=O)CCn2nc3ccccn3c2=O)cc1. The van der Waals surface area contributed by atoms with Gasteiger partial charge in [0.15, 0.2) is 15.5 Å². The Morgan fingerprint density at radius 2 is 1.87 bits per heavy atom. The third kappa shape index (κ3) is 2.86. The van der Waals surface area contributed by atoms with Gasteiger partial charge in [0.1, 0.15) is 0 Å². The number of benzene rings is 1. The third-order valence-electron chi connectivity index (χ3n) is 3.40. The summed E-state index contributed by atoms with van der Waals surface area (Å²) in [4.78, 5) is 12.2. The first-order valence-corrected chi connectivity index (χ1v) is 8.44. The second-order valence-electron chi connectivity index (χ2n) is 4.89. The van der Waals surface area contributed by atoms with Crippen molar-refractivity contribution in [3.05, 3.63) is 64.7 Å². The fourth-order valence-electron chi connectivity index (χ4n) is 2.18. The number of nitrogens with zero attached hydrogens (tertiary/aromatic N) is 4. The van der Waals surface area contributed by atoms with E-state index in [-0.39, 0.29) is 22.9 Å². The molecular weight excluding hydrogens is 316 g/mol. The summed E-state index contributed by atoms with van der Waals surface area (Å²) in [6, 6.07) is 12.7. The van der Waals surface area contributed by atoms with Crippen LogP contribution in [0.15, 0.2) is 58.4 Å². The van der Waals surface area contributed by atoms with Crippen molar-refractivity contribution in [2.45, 2.75) is 11.4 Å². The maximum atomic E-state index is 12.3. The lowest BCUT2D eigenvalue weighted by atomic mass is 10.2. The molecule has 0 saturated heterocycles. The van der Waals surface area contributed by atoms with E-state index >= 15 is 0 Å². The predicted molar refractivity (Wildman–Crippen MR) is 82.7 cm³/mol. The Hall–Kier alpha value is -2.92. The Labute approximate surface area is 131 Å². The standard InChI is InChI=1S/C15H12N4O3S/c16-11-12-4-6-13(7-5-12)23(21,22)10-9-19-15(20)18-8-2-1-3-14(18)17-19/h1-8H,9-10H2. The average molecular weight is 328 g/mol. The topological polar surface area (TPSA) is 97.2 Å². The molecule has 0 amide bonds. The second kappa shape index (κ2) is 5.70. The minimum Gasteiger partial charge on any atom is -0.250 e. The maximum absolute atomic E-state index is 12.3. The van der Waals surface area contributed by atoms with E-state index in [1.54, 1.807) is 24.4 Å². The molecule has 0 fully saturated rings. The summed E-state index contributed by atoms with van der Waals surface area (Å²) < 4.78 is 27.1. The maximum Gasteiger partial charge on any atom is 0.350 e. The molecule has 0 bridgehead atoms. The summed E-state index contributed by atoms with van der Waals surface area (Å²) >= 11 is 0. The van der Waals surface area contributed by atoms with Gasteiger partial charge < -0.3 is 0 Å². The Kier molecular flexibility index (Phi) is 3.72. The number of fused-ring (bicyclic) bond motifs is 1. The fraction of sp³-hybridized carbons (Fsp3) is 0.133. The van der Waals surface area contributed by atoms with Gasteiger partial charge in [0, 0.05) is 6.20 Å². The highest BCUT2D eigenvalue weighted by Crippen LogP contribution is 2.12. The van der Waals surface area contributed by atoms with Crippen LogP contribution in [0.1, 0.15) is 5.56 Å². The number of aromatic nitrogens is 3. The highest BCUT2D eigenvalue weighted by atomic mass is 32.2. The molecule has 0 saturated carbocycles. The number of hydrogen-bond acceptors (Lipinski definition) is 5. The van der Waals surface area contributed by atoms with Crippen molar-refractivity contribution in [3.63, 3.8) is 0 Å². The average Bonchev–Trinajstić information content (AvgIpc) is 2.90. The molecule has 0 atom stereocenters. The van der Waals surface area contributed by atoms with E-state index < -0.39 is 9.84 Å². The summed E-state index contributed by atoms with van der Waals surface area (Å²) in [5.74, 6) is -0.247. The lowest BCUT2D eigenvalue weighted by Gasteiger charge is -2.04. The smallest absolute Gasteiger partial charge is 0.250 e. The third-order valence-corrected chi connectivity index (χ3v) is 5.11. The largest absolute Gasteiger partial charge is 0.350 e. The molecule has 0 radical (unpaired) electrons. The summed E-state index contributed by atoms with van der Waals surface area (Å²) in [6.45, 7) is -0.0388. The lowest BCUT2D eigenvalue weighted by Crippen LogP contribution is -2.25. The molecule has 8 heteroatoms. The van der Waals surface area contributed by atoms with Crippen molar-refractivity contribution >= 4 is 15.5 Å². The van der Waals surface area contributed by atoms with E-state index in [2.05, 4.69) is 5.10 Å². The van der Waals surface area contributed by atoms with Crippen molar-refractivity contribution in [1.82, 2.24) is 14.2 Å². The predicted octanol–water partition coefficient (Wildman–Crippen LogP) is 0.842. The van der Waals surface area contributed by atoms with Gasteiger partial charge in [-0.05, 0) is 36.4 Å². The number of hydrogen-bond donors (Lipinski definition) is 0. The van der Waals surface area contributed by atoms with Gasteiger partial charge in [-0.15, -0.1) is 5.10 Å². The molecule has 23 heavy (non-hydrogen) atoms. The number of aryl methyl sites for hydroxylation is 1. The molecule has 1 aromatic carbocycles. The van der Waals surface area contributed by atoms with Gasteiger partial charge in [0.05, 0.1) is 28.8 Å². The van der Waals surface area contributed by atoms with Gasteiger partial charge in [-0.2, -0.15) is 5.26 Å². The van der Waals surface area contributed by atoms with Crippen molar-refractivity contribution in [2.75, 3.05) is 5.75 Å². The first-order chi connectivity index (χ1) is 11.0. The molecule has 0 aliphatic rings. The highest BCUT2D eigenvalue weighted by Gasteiger charge is 2.16. The minimum absolute atomic E-state index is 0.0388. The van der Waals surface area contributed by atoms with Crippen molar-refractivity contribution in [1.29, 1.82) is 5.26 Å². The van der Waals surface area contributed by atoms with Gasteiger partial charge in [0.2, 0.25) is 0 Å². The summed E-state index contributed by atoms with van der Waals surface area (Å²) in [6.07, 6.45) is 1.58. The van der Waals surface area contributed by atoms with Gasteiger partial charge >= 0.3 is 5.69 Å². The molecule has 3 aromatic rings. The first kappa shape index (κ1) is 15.0. The van der Waals surface area contributed by atoms with Crippen LogP contribution in [0, 0.1) is 11.3 Å². The molecule has 0 spiro atoms. The molecule has 2 aromatic heterocycles.